The number of rotatable bonds is 7. The fraction of sp³-hybridized carbons (Fsp3) is 0.200. The van der Waals surface area contributed by atoms with E-state index in [9.17, 15) is 14.4 Å². The fourth-order valence-corrected chi connectivity index (χ4v) is 4.75. The topological polar surface area (TPSA) is 119 Å². The summed E-state index contributed by atoms with van der Waals surface area (Å²) in [4.78, 5) is 42.5. The van der Waals surface area contributed by atoms with Gasteiger partial charge >= 0.3 is 11.9 Å². The van der Waals surface area contributed by atoms with Gasteiger partial charge in [-0.05, 0) is 55.8 Å². The lowest BCUT2D eigenvalue weighted by Crippen LogP contribution is -2.40. The van der Waals surface area contributed by atoms with Crippen LogP contribution in [-0.4, -0.2) is 35.3 Å². The van der Waals surface area contributed by atoms with Gasteiger partial charge in [0.05, 0.1) is 36.6 Å². The van der Waals surface area contributed by atoms with E-state index in [0.717, 1.165) is 0 Å². The highest BCUT2D eigenvalue weighted by molar-refractivity contribution is 7.07. The molecule has 1 aliphatic rings. The first-order chi connectivity index (χ1) is 16.8. The number of carboxylic acids is 1. The van der Waals surface area contributed by atoms with Crippen molar-refractivity contribution in [2.75, 3.05) is 19.0 Å². The van der Waals surface area contributed by atoms with E-state index in [-0.39, 0.29) is 23.3 Å². The monoisotopic (exact) mass is 493 g/mol. The van der Waals surface area contributed by atoms with Crippen molar-refractivity contribution in [3.8, 4) is 5.75 Å². The molecule has 0 spiro atoms. The minimum Gasteiger partial charge on any atom is -0.497 e. The van der Waals surface area contributed by atoms with E-state index in [1.807, 2.05) is 6.07 Å². The zero-order valence-electron chi connectivity index (χ0n) is 19.3. The van der Waals surface area contributed by atoms with Crippen molar-refractivity contribution in [1.29, 1.82) is 0 Å². The van der Waals surface area contributed by atoms with E-state index >= 15 is 0 Å². The third-order valence-corrected chi connectivity index (χ3v) is 6.41. The Hall–Kier alpha value is -4.18. The van der Waals surface area contributed by atoms with Gasteiger partial charge in [0.1, 0.15) is 10.3 Å². The third-order valence-electron chi connectivity index (χ3n) is 5.43. The molecule has 0 amide bonds. The van der Waals surface area contributed by atoms with E-state index in [1.54, 1.807) is 57.5 Å². The Labute approximate surface area is 204 Å². The van der Waals surface area contributed by atoms with Gasteiger partial charge in [-0.3, -0.25) is 9.36 Å². The predicted octanol–water partition coefficient (Wildman–Crippen LogP) is 2.53. The molecule has 0 unspecified atom stereocenters. The molecule has 0 bridgehead atoms. The molecule has 2 aromatic carbocycles. The summed E-state index contributed by atoms with van der Waals surface area (Å²) in [6.45, 7) is 3.63. The van der Waals surface area contributed by atoms with Gasteiger partial charge in [-0.2, -0.15) is 0 Å². The third kappa shape index (κ3) is 4.73. The molecule has 1 atom stereocenters. The Balaban J connectivity index is 1.82. The molecule has 3 aromatic rings. The zero-order valence-corrected chi connectivity index (χ0v) is 20.1. The van der Waals surface area contributed by atoms with Crippen LogP contribution in [0.5, 0.6) is 5.75 Å². The van der Waals surface area contributed by atoms with Crippen LogP contribution in [0.2, 0.25) is 0 Å². The molecule has 0 saturated carbocycles. The average Bonchev–Trinajstić information content (AvgIpc) is 3.16. The van der Waals surface area contributed by atoms with Crippen LogP contribution in [0.3, 0.4) is 0 Å². The summed E-state index contributed by atoms with van der Waals surface area (Å²) in [5, 5.41) is 12.1. The molecule has 1 aromatic heterocycles. The van der Waals surface area contributed by atoms with Crippen LogP contribution < -0.4 is 24.9 Å². The number of hydrogen-bond acceptors (Lipinski definition) is 8. The smallest absolute Gasteiger partial charge is 0.338 e. The number of nitrogens with one attached hydrogen (secondary N) is 1. The predicted molar refractivity (Wildman–Crippen MR) is 131 cm³/mol. The maximum Gasteiger partial charge on any atom is 0.338 e. The molecule has 10 heteroatoms. The SMILES string of the molecule is CCOC(=O)C1=C(C)N=c2s/c(=C\Nc3ccc(C(=O)O)cc3)c(=O)n2[C@H]1c1cccc(OC)c1. The van der Waals surface area contributed by atoms with Crippen LogP contribution in [0.15, 0.2) is 69.6 Å². The van der Waals surface area contributed by atoms with Crippen LogP contribution in [0.25, 0.3) is 6.20 Å². The Morgan fingerprint density at radius 2 is 1.97 bits per heavy atom. The lowest BCUT2D eigenvalue weighted by Gasteiger charge is -2.24. The van der Waals surface area contributed by atoms with Crippen molar-refractivity contribution in [3.63, 3.8) is 0 Å². The van der Waals surface area contributed by atoms with Crippen molar-refractivity contribution < 1.29 is 24.2 Å². The van der Waals surface area contributed by atoms with Crippen molar-refractivity contribution in [2.24, 2.45) is 4.99 Å². The summed E-state index contributed by atoms with van der Waals surface area (Å²) in [5.74, 6) is -0.961. The number of esters is 1. The number of nitrogens with zero attached hydrogens (tertiary/aromatic N) is 2. The number of ether oxygens (including phenoxy) is 2. The van der Waals surface area contributed by atoms with Crippen LogP contribution in [0, 0.1) is 0 Å². The summed E-state index contributed by atoms with van der Waals surface area (Å²) in [7, 11) is 1.55. The highest BCUT2D eigenvalue weighted by Crippen LogP contribution is 2.32. The Kier molecular flexibility index (Phi) is 6.83. The first kappa shape index (κ1) is 24.0. The first-order valence-corrected chi connectivity index (χ1v) is 11.6. The first-order valence-electron chi connectivity index (χ1n) is 10.8. The van der Waals surface area contributed by atoms with Crippen molar-refractivity contribution in [3.05, 3.63) is 90.6 Å². The number of anilines is 1. The van der Waals surface area contributed by atoms with Crippen molar-refractivity contribution >= 4 is 35.2 Å². The molecule has 2 heterocycles. The fourth-order valence-electron chi connectivity index (χ4n) is 3.78. The summed E-state index contributed by atoms with van der Waals surface area (Å²) >= 11 is 1.18. The van der Waals surface area contributed by atoms with E-state index in [4.69, 9.17) is 14.6 Å². The van der Waals surface area contributed by atoms with Gasteiger partial charge in [-0.15, -0.1) is 0 Å². The van der Waals surface area contributed by atoms with Crippen LogP contribution >= 0.6 is 11.3 Å². The second-order valence-electron chi connectivity index (χ2n) is 7.61. The van der Waals surface area contributed by atoms with Gasteiger partial charge in [-0.25, -0.2) is 14.6 Å². The number of carboxylic acid groups (broad SMARTS) is 1. The minimum atomic E-state index is -1.02. The number of benzene rings is 2. The number of aromatic carboxylic acids is 1. The van der Waals surface area contributed by atoms with Crippen LogP contribution in [0.1, 0.15) is 35.8 Å². The van der Waals surface area contributed by atoms with Crippen LogP contribution in [-0.2, 0) is 9.53 Å². The van der Waals surface area contributed by atoms with E-state index in [1.165, 1.54) is 28.0 Å². The molecule has 0 fully saturated rings. The standard InChI is InChI=1S/C25H23N3O6S/c1-4-34-24(32)20-14(2)27-25-28(21(20)16-6-5-7-18(12-16)33-3)22(29)19(35-25)13-26-17-10-8-15(9-11-17)23(30)31/h5-13,21,26H,4H2,1-3H3,(H,30,31)/b19-13-/t21-/m0/s1. The normalized spacial score (nSPS) is 15.3. The minimum absolute atomic E-state index is 0.162. The van der Waals surface area contributed by atoms with Gasteiger partial charge in [0.25, 0.3) is 5.56 Å². The summed E-state index contributed by atoms with van der Waals surface area (Å²) in [5.41, 5.74) is 1.90. The number of carbonyl (C=O) groups excluding carboxylic acids is 1. The molecule has 2 N–H and O–H groups in total. The second-order valence-corrected chi connectivity index (χ2v) is 8.61. The number of thiazole rings is 1. The number of fused-ring (bicyclic) bond motifs is 1. The van der Waals surface area contributed by atoms with Gasteiger partial charge < -0.3 is 19.9 Å². The molecule has 0 saturated heterocycles. The van der Waals surface area contributed by atoms with Crippen molar-refractivity contribution in [2.45, 2.75) is 19.9 Å². The van der Waals surface area contributed by atoms with E-state index < -0.39 is 18.0 Å². The summed E-state index contributed by atoms with van der Waals surface area (Å²) in [6, 6.07) is 12.6. The number of hydrogen-bond donors (Lipinski definition) is 2. The molecule has 0 aliphatic carbocycles. The maximum absolute atomic E-state index is 13.5. The largest absolute Gasteiger partial charge is 0.497 e. The average molecular weight is 494 g/mol. The number of carbonyl (C=O) groups is 2. The van der Waals surface area contributed by atoms with E-state index in [0.29, 0.717) is 32.0 Å². The van der Waals surface area contributed by atoms with Gasteiger partial charge in [-0.1, -0.05) is 23.5 Å². The maximum atomic E-state index is 13.5. The molecule has 4 rings (SSSR count). The van der Waals surface area contributed by atoms with Gasteiger partial charge in [0, 0.05) is 11.9 Å². The molecule has 9 nitrogen and oxygen atoms in total. The lowest BCUT2D eigenvalue weighted by atomic mass is 9.95. The van der Waals surface area contributed by atoms with Crippen molar-refractivity contribution in [1.82, 2.24) is 4.57 Å². The summed E-state index contributed by atoms with van der Waals surface area (Å²) < 4.78 is 12.5. The Bertz CT molecular complexity index is 1500. The molecule has 1 aliphatic heterocycles. The lowest BCUT2D eigenvalue weighted by molar-refractivity contribution is -0.139. The molecular formula is C25H23N3O6S. The van der Waals surface area contributed by atoms with E-state index in [2.05, 4.69) is 10.3 Å². The number of aromatic nitrogens is 1. The number of allylic oxidation sites excluding steroid dienone is 1. The Morgan fingerprint density at radius 1 is 1.23 bits per heavy atom. The number of methoxy groups -OCH3 is 1. The highest BCUT2D eigenvalue weighted by atomic mass is 32.1. The zero-order chi connectivity index (χ0) is 25.1. The highest BCUT2D eigenvalue weighted by Gasteiger charge is 2.33. The Morgan fingerprint density at radius 3 is 2.63 bits per heavy atom. The molecular weight excluding hydrogens is 470 g/mol. The van der Waals surface area contributed by atoms with Crippen LogP contribution in [0.4, 0.5) is 5.69 Å². The quantitative estimate of drug-likeness (QED) is 0.486. The molecule has 180 valence electrons. The van der Waals surface area contributed by atoms with Gasteiger partial charge in [0.2, 0.25) is 0 Å². The molecule has 35 heavy (non-hydrogen) atoms. The molecule has 0 radical (unpaired) electrons. The summed E-state index contributed by atoms with van der Waals surface area (Å²) in [6.07, 6.45) is 1.55. The second kappa shape index (κ2) is 9.98. The van der Waals surface area contributed by atoms with Gasteiger partial charge in [0.15, 0.2) is 4.80 Å².